The number of aromatic carboxylic acids is 1. The molecular weight excluding hydrogens is 272 g/mol. The highest BCUT2D eigenvalue weighted by Gasteiger charge is 2.27. The summed E-state index contributed by atoms with van der Waals surface area (Å²) in [4.78, 5) is 25.0. The zero-order chi connectivity index (χ0) is 14.8. The Morgan fingerprint density at radius 2 is 2.24 bits per heavy atom. The summed E-state index contributed by atoms with van der Waals surface area (Å²) in [7, 11) is 0. The van der Waals surface area contributed by atoms with Gasteiger partial charge in [0.25, 0.3) is 0 Å². The van der Waals surface area contributed by atoms with Crippen molar-refractivity contribution in [3.63, 3.8) is 0 Å². The fraction of sp³-hybridized carbons (Fsp3) is 0.467. The van der Waals surface area contributed by atoms with E-state index in [9.17, 15) is 9.59 Å². The lowest BCUT2D eigenvalue weighted by Gasteiger charge is -2.26. The van der Waals surface area contributed by atoms with Gasteiger partial charge in [0.15, 0.2) is 0 Å². The summed E-state index contributed by atoms with van der Waals surface area (Å²) in [6, 6.07) is 4.80. The van der Waals surface area contributed by atoms with Crippen LogP contribution in [0.1, 0.15) is 28.8 Å². The average molecular weight is 290 g/mol. The molecule has 2 N–H and O–H groups in total. The normalized spacial score (nSPS) is 21.0. The van der Waals surface area contributed by atoms with Gasteiger partial charge in [-0.3, -0.25) is 4.90 Å². The van der Waals surface area contributed by atoms with Crippen LogP contribution in [0.15, 0.2) is 18.2 Å². The number of anilines is 1. The smallest absolute Gasteiger partial charge is 0.335 e. The number of hydrogen-bond acceptors (Lipinski definition) is 3. The fourth-order valence-corrected chi connectivity index (χ4v) is 2.83. The molecule has 3 rings (SSSR count). The summed E-state index contributed by atoms with van der Waals surface area (Å²) in [5, 5.41) is 12.0. The molecule has 1 aromatic carbocycles. The summed E-state index contributed by atoms with van der Waals surface area (Å²) in [6.07, 6.45) is 2.62. The minimum absolute atomic E-state index is 0.0398. The van der Waals surface area contributed by atoms with Gasteiger partial charge in [0, 0.05) is 18.8 Å². The molecule has 1 fully saturated rings. The molecule has 1 atom stereocenters. The van der Waals surface area contributed by atoms with Crippen molar-refractivity contribution in [1.29, 1.82) is 0 Å². The molecule has 0 radical (unpaired) electrons. The van der Waals surface area contributed by atoms with E-state index in [4.69, 9.17) is 9.84 Å². The fourth-order valence-electron chi connectivity index (χ4n) is 2.83. The van der Waals surface area contributed by atoms with Gasteiger partial charge in [-0.15, -0.1) is 0 Å². The summed E-state index contributed by atoms with van der Waals surface area (Å²) in [6.45, 7) is 1.88. The predicted molar refractivity (Wildman–Crippen MR) is 76.8 cm³/mol. The number of ether oxygens (including phenoxy) is 1. The highest BCUT2D eigenvalue weighted by atomic mass is 16.5. The number of carboxylic acids is 1. The molecule has 2 heterocycles. The van der Waals surface area contributed by atoms with Crippen molar-refractivity contribution in [2.45, 2.75) is 25.3 Å². The van der Waals surface area contributed by atoms with E-state index in [0.29, 0.717) is 18.8 Å². The lowest BCUT2D eigenvalue weighted by atomic mass is 10.1. The molecule has 0 bridgehead atoms. The number of carbonyl (C=O) groups is 2. The molecular formula is C15H18N2O4. The van der Waals surface area contributed by atoms with Crippen LogP contribution < -0.4 is 10.2 Å². The second-order valence-corrected chi connectivity index (χ2v) is 5.41. The van der Waals surface area contributed by atoms with Crippen molar-refractivity contribution < 1.29 is 19.4 Å². The number of carbonyl (C=O) groups excluding carboxylic acids is 1. The van der Waals surface area contributed by atoms with Gasteiger partial charge in [-0.05, 0) is 37.0 Å². The summed E-state index contributed by atoms with van der Waals surface area (Å²) >= 11 is 0. The van der Waals surface area contributed by atoms with Gasteiger partial charge < -0.3 is 15.2 Å². The monoisotopic (exact) mass is 290 g/mol. The summed E-state index contributed by atoms with van der Waals surface area (Å²) in [5.41, 5.74) is 1.91. The molecule has 1 aromatic rings. The Labute approximate surface area is 122 Å². The third-order valence-electron chi connectivity index (χ3n) is 3.96. The van der Waals surface area contributed by atoms with Crippen LogP contribution in [-0.4, -0.2) is 42.9 Å². The molecule has 1 saturated heterocycles. The Bertz CT molecular complexity index is 567. The van der Waals surface area contributed by atoms with Crippen molar-refractivity contribution in [2.24, 2.45) is 0 Å². The average Bonchev–Trinajstić information content (AvgIpc) is 2.91. The van der Waals surface area contributed by atoms with E-state index in [1.807, 2.05) is 0 Å². The zero-order valence-electron chi connectivity index (χ0n) is 11.7. The van der Waals surface area contributed by atoms with Crippen molar-refractivity contribution in [3.8, 4) is 0 Å². The lowest BCUT2D eigenvalue weighted by molar-refractivity contribution is 0.0697. The molecule has 112 valence electrons. The van der Waals surface area contributed by atoms with E-state index < -0.39 is 5.97 Å². The maximum Gasteiger partial charge on any atom is 0.335 e. The molecule has 2 aliphatic heterocycles. The Morgan fingerprint density at radius 1 is 1.38 bits per heavy atom. The van der Waals surface area contributed by atoms with Crippen LogP contribution in [0.5, 0.6) is 0 Å². The molecule has 21 heavy (non-hydrogen) atoms. The van der Waals surface area contributed by atoms with Crippen molar-refractivity contribution >= 4 is 17.7 Å². The van der Waals surface area contributed by atoms with Crippen molar-refractivity contribution in [3.05, 3.63) is 29.3 Å². The standard InChI is InChI=1S/C15H18N2O4/c18-14(19)11-4-3-10-5-6-17(13(10)8-11)15(20)16-12-2-1-7-21-9-12/h3-4,8,12H,1-2,5-7,9H2,(H,16,20)(H,18,19). The maximum absolute atomic E-state index is 12.4. The Kier molecular flexibility index (Phi) is 3.79. The van der Waals surface area contributed by atoms with Crippen LogP contribution >= 0.6 is 0 Å². The lowest BCUT2D eigenvalue weighted by Crippen LogP contribution is -2.47. The van der Waals surface area contributed by atoms with Gasteiger partial charge in [0.1, 0.15) is 0 Å². The molecule has 1 unspecified atom stereocenters. The van der Waals surface area contributed by atoms with E-state index in [-0.39, 0.29) is 17.6 Å². The topological polar surface area (TPSA) is 78.9 Å². The minimum atomic E-state index is -0.981. The molecule has 6 nitrogen and oxygen atoms in total. The van der Waals surface area contributed by atoms with E-state index in [0.717, 1.165) is 31.4 Å². The summed E-state index contributed by atoms with van der Waals surface area (Å²) < 4.78 is 5.35. The number of benzene rings is 1. The number of hydrogen-bond donors (Lipinski definition) is 2. The predicted octanol–water partition coefficient (Wildman–Crippen LogP) is 1.64. The largest absolute Gasteiger partial charge is 0.478 e. The molecule has 0 aromatic heterocycles. The third-order valence-corrected chi connectivity index (χ3v) is 3.96. The van der Waals surface area contributed by atoms with Gasteiger partial charge in [-0.25, -0.2) is 9.59 Å². The number of amides is 2. The van der Waals surface area contributed by atoms with E-state index in [2.05, 4.69) is 5.32 Å². The quantitative estimate of drug-likeness (QED) is 0.868. The van der Waals surface area contributed by atoms with Crippen LogP contribution in [-0.2, 0) is 11.2 Å². The molecule has 2 aliphatic rings. The number of nitrogens with zero attached hydrogens (tertiary/aromatic N) is 1. The maximum atomic E-state index is 12.4. The first-order chi connectivity index (χ1) is 10.1. The summed E-state index contributed by atoms with van der Waals surface area (Å²) in [5.74, 6) is -0.981. The van der Waals surface area contributed by atoms with Gasteiger partial charge in [0.05, 0.1) is 18.2 Å². The number of carboxylic acid groups (broad SMARTS) is 1. The third kappa shape index (κ3) is 2.85. The van der Waals surface area contributed by atoms with Gasteiger partial charge in [-0.1, -0.05) is 6.07 Å². The SMILES string of the molecule is O=C(O)c1ccc2c(c1)N(C(=O)NC1CCCOC1)CC2. The Morgan fingerprint density at radius 3 is 2.95 bits per heavy atom. The van der Waals surface area contributed by atoms with Gasteiger partial charge in [0.2, 0.25) is 0 Å². The van der Waals surface area contributed by atoms with E-state index >= 15 is 0 Å². The number of urea groups is 1. The van der Waals surface area contributed by atoms with Crippen LogP contribution in [0.25, 0.3) is 0 Å². The highest BCUT2D eigenvalue weighted by Crippen LogP contribution is 2.29. The minimum Gasteiger partial charge on any atom is -0.478 e. The van der Waals surface area contributed by atoms with Gasteiger partial charge >= 0.3 is 12.0 Å². The number of rotatable bonds is 2. The van der Waals surface area contributed by atoms with Crippen LogP contribution in [0.3, 0.4) is 0 Å². The zero-order valence-corrected chi connectivity index (χ0v) is 11.7. The van der Waals surface area contributed by atoms with E-state index in [1.165, 1.54) is 0 Å². The second kappa shape index (κ2) is 5.73. The van der Waals surface area contributed by atoms with Crippen LogP contribution in [0.4, 0.5) is 10.5 Å². The first-order valence-electron chi connectivity index (χ1n) is 7.17. The van der Waals surface area contributed by atoms with E-state index in [1.54, 1.807) is 23.1 Å². The molecule has 0 saturated carbocycles. The first-order valence-corrected chi connectivity index (χ1v) is 7.17. The van der Waals surface area contributed by atoms with Crippen LogP contribution in [0, 0.1) is 0 Å². The molecule has 0 aliphatic carbocycles. The Hall–Kier alpha value is -2.08. The Balaban J connectivity index is 1.74. The number of nitrogens with one attached hydrogen (secondary N) is 1. The van der Waals surface area contributed by atoms with Crippen LogP contribution in [0.2, 0.25) is 0 Å². The van der Waals surface area contributed by atoms with Gasteiger partial charge in [-0.2, -0.15) is 0 Å². The molecule has 0 spiro atoms. The number of fused-ring (bicyclic) bond motifs is 1. The van der Waals surface area contributed by atoms with Crippen molar-refractivity contribution in [1.82, 2.24) is 5.32 Å². The first kappa shape index (κ1) is 13.9. The second-order valence-electron chi connectivity index (χ2n) is 5.41. The molecule has 6 heteroatoms. The molecule has 2 amide bonds. The highest BCUT2D eigenvalue weighted by molar-refractivity contribution is 5.97. The van der Waals surface area contributed by atoms with Crippen molar-refractivity contribution in [2.75, 3.05) is 24.7 Å².